The highest BCUT2D eigenvalue weighted by atomic mass is 35.5. The largest absolute Gasteiger partial charge is 0.490 e. The molecule has 0 atom stereocenters. The molecule has 0 amide bonds. The van der Waals surface area contributed by atoms with Crippen molar-refractivity contribution in [3.8, 4) is 0 Å². The summed E-state index contributed by atoms with van der Waals surface area (Å²) in [6, 6.07) is 4.98. The van der Waals surface area contributed by atoms with Crippen molar-refractivity contribution in [2.24, 2.45) is 5.73 Å². The summed E-state index contributed by atoms with van der Waals surface area (Å²) >= 11 is 5.66. The summed E-state index contributed by atoms with van der Waals surface area (Å²) in [5.74, 6) is -1.72. The number of rotatable bonds is 3. The molecule has 1 aromatic heterocycles. The molecule has 0 bridgehead atoms. The summed E-state index contributed by atoms with van der Waals surface area (Å²) in [7, 11) is 0. The van der Waals surface area contributed by atoms with Gasteiger partial charge >= 0.3 is 12.1 Å². The summed E-state index contributed by atoms with van der Waals surface area (Å²) in [6.45, 7) is 0. The third-order valence-corrected chi connectivity index (χ3v) is 4.49. The predicted molar refractivity (Wildman–Crippen MR) is 91.4 cm³/mol. The average molecular weight is 424 g/mol. The number of carboxylic acids is 1. The first-order chi connectivity index (χ1) is 13.1. The standard InChI is InChI=1S/C15H17ClFN3O.C2HF3O2/c16-12-6-1-9(7-13(12)17)8-14-19-20-15(21-14)10-2-4-11(18)5-3-10;3-2(4,5)1(6)7/h1,6-7,10-11H,2-5,8,18H2;(H,6,7). The Morgan fingerprint density at radius 2 is 1.86 bits per heavy atom. The Morgan fingerprint density at radius 1 is 1.25 bits per heavy atom. The van der Waals surface area contributed by atoms with Gasteiger partial charge < -0.3 is 15.3 Å². The van der Waals surface area contributed by atoms with Crippen molar-refractivity contribution < 1.29 is 31.9 Å². The van der Waals surface area contributed by atoms with E-state index in [1.807, 2.05) is 0 Å². The molecule has 1 fully saturated rings. The molecule has 0 aliphatic heterocycles. The number of alkyl halides is 3. The highest BCUT2D eigenvalue weighted by Gasteiger charge is 2.38. The zero-order valence-corrected chi connectivity index (χ0v) is 15.3. The molecule has 1 aliphatic carbocycles. The fourth-order valence-corrected chi connectivity index (χ4v) is 2.81. The summed E-state index contributed by atoms with van der Waals surface area (Å²) in [4.78, 5) is 8.90. The van der Waals surface area contributed by atoms with Crippen molar-refractivity contribution in [3.63, 3.8) is 0 Å². The van der Waals surface area contributed by atoms with Crippen molar-refractivity contribution in [1.82, 2.24) is 10.2 Å². The van der Waals surface area contributed by atoms with Crippen LogP contribution in [-0.2, 0) is 11.2 Å². The maximum absolute atomic E-state index is 13.4. The number of halogens is 5. The molecule has 0 spiro atoms. The van der Waals surface area contributed by atoms with Crippen molar-refractivity contribution in [2.45, 2.75) is 50.2 Å². The molecule has 1 heterocycles. The second-order valence-corrected chi connectivity index (χ2v) is 6.78. The monoisotopic (exact) mass is 423 g/mol. The van der Waals surface area contributed by atoms with E-state index in [9.17, 15) is 17.6 Å². The molecular weight excluding hydrogens is 406 g/mol. The van der Waals surface area contributed by atoms with Gasteiger partial charge in [-0.15, -0.1) is 10.2 Å². The van der Waals surface area contributed by atoms with Crippen LogP contribution in [0.15, 0.2) is 22.6 Å². The molecule has 154 valence electrons. The molecule has 3 rings (SSSR count). The number of nitrogens with two attached hydrogens (primary N) is 1. The maximum Gasteiger partial charge on any atom is 0.490 e. The van der Waals surface area contributed by atoms with E-state index in [1.54, 1.807) is 6.07 Å². The normalized spacial score (nSPS) is 19.6. The summed E-state index contributed by atoms with van der Waals surface area (Å²) in [5.41, 5.74) is 6.66. The highest BCUT2D eigenvalue weighted by molar-refractivity contribution is 6.30. The SMILES string of the molecule is NC1CCC(c2nnc(Cc3ccc(Cl)c(F)c3)o2)CC1.O=C(O)C(F)(F)F. The molecule has 6 nitrogen and oxygen atoms in total. The highest BCUT2D eigenvalue weighted by Crippen LogP contribution is 2.31. The fourth-order valence-electron chi connectivity index (χ4n) is 2.69. The van der Waals surface area contributed by atoms with E-state index in [1.165, 1.54) is 12.1 Å². The van der Waals surface area contributed by atoms with Crippen molar-refractivity contribution in [3.05, 3.63) is 46.4 Å². The number of benzene rings is 1. The third-order valence-electron chi connectivity index (χ3n) is 4.19. The van der Waals surface area contributed by atoms with Gasteiger partial charge in [-0.1, -0.05) is 17.7 Å². The number of nitrogens with zero attached hydrogens (tertiary/aromatic N) is 2. The minimum Gasteiger partial charge on any atom is -0.475 e. The van der Waals surface area contributed by atoms with Gasteiger partial charge in [0, 0.05) is 12.0 Å². The molecule has 3 N–H and O–H groups in total. The van der Waals surface area contributed by atoms with E-state index in [4.69, 9.17) is 31.7 Å². The van der Waals surface area contributed by atoms with Gasteiger partial charge in [0.05, 0.1) is 11.4 Å². The van der Waals surface area contributed by atoms with Crippen LogP contribution in [0.25, 0.3) is 0 Å². The number of aliphatic carboxylic acids is 1. The quantitative estimate of drug-likeness (QED) is 0.721. The van der Waals surface area contributed by atoms with E-state index >= 15 is 0 Å². The maximum atomic E-state index is 13.4. The van der Waals surface area contributed by atoms with Crippen molar-refractivity contribution >= 4 is 17.6 Å². The molecule has 28 heavy (non-hydrogen) atoms. The van der Waals surface area contributed by atoms with E-state index in [2.05, 4.69) is 10.2 Å². The Labute approximate surface area is 162 Å². The predicted octanol–water partition coefficient (Wildman–Crippen LogP) is 4.07. The van der Waals surface area contributed by atoms with E-state index in [0.717, 1.165) is 31.2 Å². The molecule has 11 heteroatoms. The lowest BCUT2D eigenvalue weighted by atomic mass is 9.86. The summed E-state index contributed by atoms with van der Waals surface area (Å²) in [5, 5.41) is 15.4. The minimum absolute atomic E-state index is 0.114. The molecule has 1 aliphatic rings. The topological polar surface area (TPSA) is 102 Å². The van der Waals surface area contributed by atoms with Crippen LogP contribution in [0.2, 0.25) is 5.02 Å². The van der Waals surface area contributed by atoms with Gasteiger partial charge in [0.1, 0.15) is 5.82 Å². The Kier molecular flexibility index (Phi) is 7.36. The zero-order valence-electron chi connectivity index (χ0n) is 14.5. The Hall–Kier alpha value is -2.20. The van der Waals surface area contributed by atoms with Gasteiger partial charge in [-0.2, -0.15) is 13.2 Å². The van der Waals surface area contributed by atoms with Gasteiger partial charge in [-0.25, -0.2) is 9.18 Å². The van der Waals surface area contributed by atoms with Gasteiger partial charge in [-0.05, 0) is 43.4 Å². The number of hydrogen-bond acceptors (Lipinski definition) is 5. The lowest BCUT2D eigenvalue weighted by molar-refractivity contribution is -0.192. The second kappa shape index (κ2) is 9.33. The Balaban J connectivity index is 0.000000345. The minimum atomic E-state index is -5.08. The summed E-state index contributed by atoms with van der Waals surface area (Å²) in [6.07, 6.45) is -0.723. The smallest absolute Gasteiger partial charge is 0.475 e. The number of carboxylic acid groups (broad SMARTS) is 1. The van der Waals surface area contributed by atoms with Crippen LogP contribution in [0.1, 0.15) is 48.9 Å². The summed E-state index contributed by atoms with van der Waals surface area (Å²) < 4.78 is 50.9. The second-order valence-electron chi connectivity index (χ2n) is 6.37. The van der Waals surface area contributed by atoms with Gasteiger partial charge in [-0.3, -0.25) is 0 Å². The van der Waals surface area contributed by atoms with Crippen LogP contribution >= 0.6 is 11.6 Å². The third kappa shape index (κ3) is 6.45. The van der Waals surface area contributed by atoms with Crippen LogP contribution in [0.3, 0.4) is 0 Å². The van der Waals surface area contributed by atoms with Gasteiger partial charge in [0.2, 0.25) is 11.8 Å². The molecule has 2 aromatic rings. The van der Waals surface area contributed by atoms with Crippen LogP contribution in [0.5, 0.6) is 0 Å². The lowest BCUT2D eigenvalue weighted by Crippen LogP contribution is -2.25. The molecule has 0 unspecified atom stereocenters. The fraction of sp³-hybridized carbons (Fsp3) is 0.471. The van der Waals surface area contributed by atoms with E-state index < -0.39 is 18.0 Å². The molecule has 1 saturated carbocycles. The number of hydrogen-bond donors (Lipinski definition) is 2. The zero-order chi connectivity index (χ0) is 20.9. The van der Waals surface area contributed by atoms with Crippen LogP contribution in [0.4, 0.5) is 17.6 Å². The average Bonchev–Trinajstić information content (AvgIpc) is 3.07. The van der Waals surface area contributed by atoms with Gasteiger partial charge in [0.15, 0.2) is 0 Å². The molecular formula is C17H18ClF4N3O3. The molecule has 0 radical (unpaired) electrons. The number of carbonyl (C=O) groups is 1. The first kappa shape index (κ1) is 22.1. The van der Waals surface area contributed by atoms with Gasteiger partial charge in [0.25, 0.3) is 0 Å². The van der Waals surface area contributed by atoms with Crippen LogP contribution in [-0.4, -0.2) is 33.5 Å². The Bertz CT molecular complexity index is 805. The van der Waals surface area contributed by atoms with Crippen LogP contribution in [0, 0.1) is 5.82 Å². The molecule has 1 aromatic carbocycles. The van der Waals surface area contributed by atoms with Crippen LogP contribution < -0.4 is 5.73 Å². The first-order valence-corrected chi connectivity index (χ1v) is 8.76. The Morgan fingerprint density at radius 3 is 2.39 bits per heavy atom. The lowest BCUT2D eigenvalue weighted by Gasteiger charge is -2.23. The van der Waals surface area contributed by atoms with E-state index in [-0.39, 0.29) is 5.02 Å². The van der Waals surface area contributed by atoms with Crippen molar-refractivity contribution in [1.29, 1.82) is 0 Å². The number of aromatic nitrogens is 2. The van der Waals surface area contributed by atoms with E-state index in [0.29, 0.717) is 30.2 Å². The van der Waals surface area contributed by atoms with Crippen molar-refractivity contribution in [2.75, 3.05) is 0 Å². The first-order valence-electron chi connectivity index (χ1n) is 8.38. The molecule has 0 saturated heterocycles.